The van der Waals surface area contributed by atoms with Gasteiger partial charge in [0.25, 0.3) is 0 Å². The van der Waals surface area contributed by atoms with Gasteiger partial charge >= 0.3 is 256 Å². The first-order chi connectivity index (χ1) is 20.2. The van der Waals surface area contributed by atoms with E-state index in [0.29, 0.717) is 52.6 Å². The fraction of sp³-hybridized carbons (Fsp3) is 0.367. The van der Waals surface area contributed by atoms with Crippen LogP contribution in [0.1, 0.15) is 41.3 Å². The van der Waals surface area contributed by atoms with E-state index >= 15 is 0 Å². The Kier molecular flexibility index (Phi) is 11.3. The summed E-state index contributed by atoms with van der Waals surface area (Å²) in [5.41, 5.74) is 3.54. The molecule has 5 N–H and O–H groups in total. The zero-order valence-electron chi connectivity index (χ0n) is 23.6. The summed E-state index contributed by atoms with van der Waals surface area (Å²) in [4.78, 5) is 24.4. The normalized spacial score (nSPS) is 17.0. The molecule has 42 heavy (non-hydrogen) atoms. The van der Waals surface area contributed by atoms with E-state index in [9.17, 15) is 29.1 Å². The standard InChI is InChI=1S/C30H39AsN4O6S/c1-2-32-25-17-24(18-27(19-25)34-13-6-7-14-42(34,40)41)30(37)33-28(16-22-9-4-3-5-10-22)29(36)21-31-20-23-11-8-12-26(15-23)35(38)39/h3-5,8-12,15,17-19,28-29,31-32,36,40-41H,2,6-7,13-14,16,20-21H2,1H3,(H,33,37)/t28-,29-/m0/s1. The van der Waals surface area contributed by atoms with Crippen molar-refractivity contribution in [2.75, 3.05) is 28.5 Å². The summed E-state index contributed by atoms with van der Waals surface area (Å²) in [6.45, 7) is 3.07. The topological polar surface area (TPSA) is 148 Å². The van der Waals surface area contributed by atoms with Crippen LogP contribution in [0.25, 0.3) is 0 Å². The zero-order chi connectivity index (χ0) is 30.1. The van der Waals surface area contributed by atoms with Crippen molar-refractivity contribution in [3.63, 3.8) is 0 Å². The average molecular weight is 659 g/mol. The summed E-state index contributed by atoms with van der Waals surface area (Å²) in [5, 5.41) is 29.9. The van der Waals surface area contributed by atoms with Crippen LogP contribution < -0.4 is 14.9 Å². The van der Waals surface area contributed by atoms with Crippen LogP contribution in [0.5, 0.6) is 0 Å². The Morgan fingerprint density at radius 1 is 1.07 bits per heavy atom. The molecule has 0 radical (unpaired) electrons. The minimum absolute atomic E-state index is 0.0545. The zero-order valence-corrected chi connectivity index (χ0v) is 26.5. The number of non-ortho nitro benzene ring substituents is 1. The third-order valence-electron chi connectivity index (χ3n) is 7.11. The van der Waals surface area contributed by atoms with Crippen LogP contribution in [0, 0.1) is 10.1 Å². The molecule has 0 spiro atoms. The number of nitro benzene ring substituents is 1. The Hall–Kier alpha value is -3.08. The molecule has 1 aliphatic heterocycles. The van der Waals surface area contributed by atoms with E-state index < -0.39 is 43.6 Å². The van der Waals surface area contributed by atoms with E-state index in [0.717, 1.165) is 24.0 Å². The third-order valence-corrected chi connectivity index (χ3v) is 11.9. The maximum atomic E-state index is 13.7. The fourth-order valence-electron chi connectivity index (χ4n) is 4.99. The molecule has 1 fully saturated rings. The predicted octanol–water partition coefficient (Wildman–Crippen LogP) is 5.05. The number of hydrogen-bond donors (Lipinski definition) is 5. The molecule has 1 heterocycles. The number of nitrogens with zero attached hydrogens (tertiary/aromatic N) is 2. The summed E-state index contributed by atoms with van der Waals surface area (Å²) >= 11 is -0.701. The number of nitrogens with one attached hydrogen (secondary N) is 2. The number of aliphatic hydroxyl groups is 1. The van der Waals surface area contributed by atoms with E-state index in [4.69, 9.17) is 0 Å². The Morgan fingerprint density at radius 2 is 1.83 bits per heavy atom. The van der Waals surface area contributed by atoms with Crippen molar-refractivity contribution >= 4 is 49.5 Å². The maximum absolute atomic E-state index is 13.7. The number of rotatable bonds is 13. The number of hydrogen-bond acceptors (Lipinski definition) is 8. The summed E-state index contributed by atoms with van der Waals surface area (Å²) < 4.78 is 23.0. The molecule has 226 valence electrons. The Balaban J connectivity index is 1.52. The molecule has 1 amide bonds. The van der Waals surface area contributed by atoms with Gasteiger partial charge in [-0.2, -0.15) is 0 Å². The monoisotopic (exact) mass is 658 g/mol. The van der Waals surface area contributed by atoms with Crippen LogP contribution in [0.4, 0.5) is 17.1 Å². The number of amides is 1. The molecule has 3 aromatic carbocycles. The molecule has 1 saturated heterocycles. The first kappa shape index (κ1) is 31.8. The van der Waals surface area contributed by atoms with E-state index in [1.807, 2.05) is 49.4 Å². The van der Waals surface area contributed by atoms with E-state index in [1.165, 1.54) is 6.07 Å². The van der Waals surface area contributed by atoms with Gasteiger partial charge in [-0.3, -0.25) is 0 Å². The molecule has 0 bridgehead atoms. The molecular weight excluding hydrogens is 619 g/mol. The second-order valence-electron chi connectivity index (χ2n) is 10.3. The molecule has 1 aliphatic rings. The van der Waals surface area contributed by atoms with Gasteiger partial charge in [0.2, 0.25) is 0 Å². The third kappa shape index (κ3) is 8.72. The van der Waals surface area contributed by atoms with E-state index in [1.54, 1.807) is 28.6 Å². The first-order valence-electron chi connectivity index (χ1n) is 14.1. The van der Waals surface area contributed by atoms with Crippen molar-refractivity contribution in [2.45, 2.75) is 48.7 Å². The number of benzene rings is 3. The molecule has 0 aliphatic carbocycles. The minimum atomic E-state index is -2.97. The van der Waals surface area contributed by atoms with Crippen molar-refractivity contribution < 1.29 is 23.9 Å². The van der Waals surface area contributed by atoms with Crippen LogP contribution in [0.15, 0.2) is 72.8 Å². The molecule has 1 unspecified atom stereocenters. The molecule has 3 aromatic rings. The second kappa shape index (κ2) is 14.9. The molecule has 0 saturated carbocycles. The van der Waals surface area contributed by atoms with Crippen LogP contribution in [-0.4, -0.2) is 71.8 Å². The molecule has 0 aromatic heterocycles. The fourth-order valence-corrected chi connectivity index (χ4v) is 9.25. The van der Waals surface area contributed by atoms with Gasteiger partial charge in [-0.25, -0.2) is 0 Å². The second-order valence-corrected chi connectivity index (χ2v) is 15.1. The van der Waals surface area contributed by atoms with Crippen molar-refractivity contribution in [3.05, 3.63) is 99.6 Å². The number of nitro groups is 1. The predicted molar refractivity (Wildman–Crippen MR) is 171 cm³/mol. The Bertz CT molecular complexity index is 1360. The number of carbonyl (C=O) groups is 1. The number of aliphatic hydroxyl groups excluding tert-OH is 1. The average Bonchev–Trinajstić information content (AvgIpc) is 2.97. The molecular formula is C30H39AsN4O6S. The van der Waals surface area contributed by atoms with Crippen molar-refractivity contribution in [1.82, 2.24) is 5.32 Å². The molecule has 12 heteroatoms. The van der Waals surface area contributed by atoms with Crippen LogP contribution in [-0.2, 0) is 11.6 Å². The van der Waals surface area contributed by atoms with Crippen LogP contribution >= 0.6 is 10.8 Å². The van der Waals surface area contributed by atoms with Gasteiger partial charge < -0.3 is 0 Å². The molecule has 3 atom stereocenters. The van der Waals surface area contributed by atoms with Crippen molar-refractivity contribution in [1.29, 1.82) is 0 Å². The van der Waals surface area contributed by atoms with Gasteiger partial charge in [0.05, 0.1) is 0 Å². The Morgan fingerprint density at radius 3 is 2.55 bits per heavy atom. The van der Waals surface area contributed by atoms with Gasteiger partial charge in [-0.15, -0.1) is 0 Å². The van der Waals surface area contributed by atoms with Gasteiger partial charge in [-0.05, 0) is 0 Å². The summed E-state index contributed by atoms with van der Waals surface area (Å²) in [6.07, 6.45) is 1.19. The van der Waals surface area contributed by atoms with Gasteiger partial charge in [0.1, 0.15) is 0 Å². The van der Waals surface area contributed by atoms with Gasteiger partial charge in [0, 0.05) is 0 Å². The SMILES string of the molecule is CCNc1cc(C(=O)N[C@@H](Cc2ccccc2)[C@@H](O)C[AsH]Cc2cccc([N+](=O)[O-])c2)cc(N2CCCCS2(O)O)c1. The Labute approximate surface area is 254 Å². The van der Waals surface area contributed by atoms with E-state index in [-0.39, 0.29) is 11.6 Å². The summed E-state index contributed by atoms with van der Waals surface area (Å²) in [7, 11) is -2.97. The molecule has 4 rings (SSSR count). The van der Waals surface area contributed by atoms with E-state index in [2.05, 4.69) is 10.6 Å². The van der Waals surface area contributed by atoms with Crippen LogP contribution in [0.3, 0.4) is 0 Å². The number of carbonyl (C=O) groups excluding carboxylic acids is 1. The first-order valence-corrected chi connectivity index (χ1v) is 18.7. The quantitative estimate of drug-likeness (QED) is 0.0974. The van der Waals surface area contributed by atoms with Crippen molar-refractivity contribution in [3.8, 4) is 0 Å². The van der Waals surface area contributed by atoms with Gasteiger partial charge in [-0.1, -0.05) is 0 Å². The van der Waals surface area contributed by atoms with Crippen molar-refractivity contribution in [2.24, 2.45) is 0 Å². The van der Waals surface area contributed by atoms with Gasteiger partial charge in [0.15, 0.2) is 0 Å². The van der Waals surface area contributed by atoms with Crippen LogP contribution in [0.2, 0.25) is 5.21 Å². The number of anilines is 2. The summed E-state index contributed by atoms with van der Waals surface area (Å²) in [6, 6.07) is 20.9. The summed E-state index contributed by atoms with van der Waals surface area (Å²) in [5.74, 6) is -0.0614. The molecule has 10 nitrogen and oxygen atoms in total.